The Morgan fingerprint density at radius 2 is 1.77 bits per heavy atom. The first kappa shape index (κ1) is 26.4. The maximum absolute atomic E-state index is 13.2. The summed E-state index contributed by atoms with van der Waals surface area (Å²) in [4.78, 5) is 49.1. The van der Waals surface area contributed by atoms with E-state index in [9.17, 15) is 14.4 Å². The highest BCUT2D eigenvalue weighted by Gasteiger charge is 2.21. The van der Waals surface area contributed by atoms with E-state index in [4.69, 9.17) is 5.73 Å². The monoisotopic (exact) mass is 545 g/mol. The fourth-order valence-electron chi connectivity index (χ4n) is 4.57. The number of carbonyl (C=O) groups excluding carboxylic acids is 3. The number of nitrogens with one attached hydrogen (secondary N) is 1. The molecule has 3 N–H and O–H groups in total. The van der Waals surface area contributed by atoms with Crippen molar-refractivity contribution in [3.05, 3.63) is 71.1 Å². The maximum atomic E-state index is 13.2. The van der Waals surface area contributed by atoms with Crippen LogP contribution in [0.1, 0.15) is 26.5 Å². The van der Waals surface area contributed by atoms with Crippen LogP contribution in [-0.4, -0.2) is 72.4 Å². The predicted octanol–water partition coefficient (Wildman–Crippen LogP) is 3.25. The number of benzene rings is 2. The van der Waals surface area contributed by atoms with E-state index >= 15 is 0 Å². The molecular weight excluding hydrogens is 514 g/mol. The van der Waals surface area contributed by atoms with Crippen molar-refractivity contribution in [1.29, 1.82) is 0 Å². The summed E-state index contributed by atoms with van der Waals surface area (Å²) >= 11 is 1.45. The van der Waals surface area contributed by atoms with Crippen LogP contribution < -0.4 is 20.9 Å². The van der Waals surface area contributed by atoms with E-state index in [-0.39, 0.29) is 24.8 Å². The third-order valence-corrected chi connectivity index (χ3v) is 8.03. The second-order valence-corrected chi connectivity index (χ2v) is 10.7. The summed E-state index contributed by atoms with van der Waals surface area (Å²) in [6.07, 6.45) is 0.0923. The van der Waals surface area contributed by atoms with Gasteiger partial charge in [0.2, 0.25) is 11.9 Å². The van der Waals surface area contributed by atoms with E-state index in [0.29, 0.717) is 27.6 Å². The molecule has 202 valence electrons. The van der Waals surface area contributed by atoms with Crippen LogP contribution in [0.15, 0.2) is 60.7 Å². The number of aryl methyl sites for hydroxylation is 1. The molecule has 0 saturated carbocycles. The summed E-state index contributed by atoms with van der Waals surface area (Å²) in [5.74, 6) is -0.549. The van der Waals surface area contributed by atoms with Gasteiger partial charge in [0, 0.05) is 57.4 Å². The van der Waals surface area contributed by atoms with Gasteiger partial charge in [-0.3, -0.25) is 19.7 Å². The van der Waals surface area contributed by atoms with E-state index in [1.807, 2.05) is 42.5 Å². The minimum atomic E-state index is -0.450. The molecule has 0 aliphatic carbocycles. The first-order chi connectivity index (χ1) is 18.8. The summed E-state index contributed by atoms with van der Waals surface area (Å²) in [6.45, 7) is 4.07. The van der Waals surface area contributed by atoms with Crippen LogP contribution >= 0.6 is 11.3 Å². The SMILES string of the molecule is CN1CCN(c2ccc(C(=O)Nc3nc4cc(N(C)C(=O)c5ccccc5)ccc4n3CCC(N)=O)s2)CC1. The highest BCUT2D eigenvalue weighted by Crippen LogP contribution is 2.29. The number of amides is 3. The van der Waals surface area contributed by atoms with Gasteiger partial charge in [0.15, 0.2) is 0 Å². The van der Waals surface area contributed by atoms with E-state index in [1.165, 1.54) is 11.3 Å². The van der Waals surface area contributed by atoms with Crippen molar-refractivity contribution < 1.29 is 14.4 Å². The number of piperazine rings is 1. The van der Waals surface area contributed by atoms with Crippen molar-refractivity contribution in [2.45, 2.75) is 13.0 Å². The Balaban J connectivity index is 1.40. The number of carbonyl (C=O) groups is 3. The number of fused-ring (bicyclic) bond motifs is 1. The Morgan fingerprint density at radius 1 is 1.03 bits per heavy atom. The number of anilines is 3. The molecule has 3 heterocycles. The molecule has 39 heavy (non-hydrogen) atoms. The number of hydrogen-bond donors (Lipinski definition) is 2. The maximum Gasteiger partial charge on any atom is 0.268 e. The summed E-state index contributed by atoms with van der Waals surface area (Å²) in [7, 11) is 3.81. The Hall–Kier alpha value is -4.22. The molecular formula is C28H31N7O3S. The Kier molecular flexibility index (Phi) is 7.62. The summed E-state index contributed by atoms with van der Waals surface area (Å²) < 4.78 is 1.77. The van der Waals surface area contributed by atoms with Crippen molar-refractivity contribution in [2.24, 2.45) is 5.73 Å². The number of likely N-dealkylation sites (N-methyl/N-ethyl adjacent to an activating group) is 1. The number of primary amides is 1. The second-order valence-electron chi connectivity index (χ2n) is 9.59. The molecule has 0 unspecified atom stereocenters. The Labute approximate surface area is 230 Å². The van der Waals surface area contributed by atoms with Crippen LogP contribution in [0.3, 0.4) is 0 Å². The lowest BCUT2D eigenvalue weighted by Crippen LogP contribution is -2.44. The van der Waals surface area contributed by atoms with Gasteiger partial charge >= 0.3 is 0 Å². The minimum absolute atomic E-state index is 0.0923. The van der Waals surface area contributed by atoms with E-state index in [1.54, 1.807) is 34.7 Å². The van der Waals surface area contributed by atoms with E-state index < -0.39 is 5.91 Å². The van der Waals surface area contributed by atoms with Gasteiger partial charge in [-0.1, -0.05) is 18.2 Å². The van der Waals surface area contributed by atoms with E-state index in [0.717, 1.165) is 36.7 Å². The first-order valence-corrected chi connectivity index (χ1v) is 13.6. The molecule has 10 nitrogen and oxygen atoms in total. The average Bonchev–Trinajstić information content (AvgIpc) is 3.56. The molecule has 1 aliphatic heterocycles. The third kappa shape index (κ3) is 5.79. The first-order valence-electron chi connectivity index (χ1n) is 12.8. The van der Waals surface area contributed by atoms with Crippen molar-refractivity contribution in [1.82, 2.24) is 14.5 Å². The number of aromatic nitrogens is 2. The zero-order valence-corrected chi connectivity index (χ0v) is 22.8. The molecule has 1 saturated heterocycles. The van der Waals surface area contributed by atoms with Crippen LogP contribution in [0.5, 0.6) is 0 Å². The molecule has 4 aromatic rings. The minimum Gasteiger partial charge on any atom is -0.370 e. The molecule has 0 spiro atoms. The number of nitrogens with two attached hydrogens (primary N) is 1. The Morgan fingerprint density at radius 3 is 2.49 bits per heavy atom. The number of thiophene rings is 1. The predicted molar refractivity (Wildman–Crippen MR) is 155 cm³/mol. The summed E-state index contributed by atoms with van der Waals surface area (Å²) in [5.41, 5.74) is 7.96. The fourth-order valence-corrected chi connectivity index (χ4v) is 5.52. The van der Waals surface area contributed by atoms with Gasteiger partial charge in [-0.2, -0.15) is 0 Å². The third-order valence-electron chi connectivity index (χ3n) is 6.88. The van der Waals surface area contributed by atoms with Gasteiger partial charge in [-0.15, -0.1) is 11.3 Å². The number of hydrogen-bond acceptors (Lipinski definition) is 7. The zero-order chi connectivity index (χ0) is 27.5. The number of imidazole rings is 1. The van der Waals surface area contributed by atoms with E-state index in [2.05, 4.69) is 27.1 Å². The van der Waals surface area contributed by atoms with Crippen LogP contribution in [0.25, 0.3) is 11.0 Å². The van der Waals surface area contributed by atoms with Gasteiger partial charge in [0.1, 0.15) is 0 Å². The lowest BCUT2D eigenvalue weighted by molar-refractivity contribution is -0.118. The summed E-state index contributed by atoms with van der Waals surface area (Å²) in [6, 6.07) is 18.3. The normalized spacial score (nSPS) is 13.9. The van der Waals surface area contributed by atoms with Crippen LogP contribution in [-0.2, 0) is 11.3 Å². The molecule has 11 heteroatoms. The molecule has 3 amide bonds. The van der Waals surface area contributed by atoms with Crippen molar-refractivity contribution in [2.75, 3.05) is 55.4 Å². The molecule has 2 aromatic heterocycles. The van der Waals surface area contributed by atoms with Crippen LogP contribution in [0, 0.1) is 0 Å². The molecule has 2 aromatic carbocycles. The smallest absolute Gasteiger partial charge is 0.268 e. The molecule has 1 aliphatic rings. The standard InChI is InChI=1S/C28H31N7O3S/c1-32-14-16-34(17-15-32)25-11-10-23(39-25)26(37)31-28-30-21-18-20(8-9-22(21)35(28)13-12-24(29)36)33(2)27(38)19-6-4-3-5-7-19/h3-11,18H,12-17H2,1-2H3,(H2,29,36)(H,30,31,37). The average molecular weight is 546 g/mol. The fraction of sp³-hybridized carbons (Fsp3) is 0.286. The van der Waals surface area contributed by atoms with Gasteiger partial charge in [0.05, 0.1) is 20.9 Å². The van der Waals surface area contributed by atoms with Crippen molar-refractivity contribution in [3.63, 3.8) is 0 Å². The highest BCUT2D eigenvalue weighted by atomic mass is 32.1. The lowest BCUT2D eigenvalue weighted by Gasteiger charge is -2.32. The van der Waals surface area contributed by atoms with Gasteiger partial charge in [-0.05, 0) is 49.5 Å². The zero-order valence-electron chi connectivity index (χ0n) is 22.0. The topological polar surface area (TPSA) is 117 Å². The van der Waals surface area contributed by atoms with Crippen LogP contribution in [0.2, 0.25) is 0 Å². The molecule has 0 radical (unpaired) electrons. The summed E-state index contributed by atoms with van der Waals surface area (Å²) in [5, 5.41) is 3.99. The molecule has 1 fully saturated rings. The molecule has 5 rings (SSSR count). The van der Waals surface area contributed by atoms with Crippen LogP contribution in [0.4, 0.5) is 16.6 Å². The molecule has 0 atom stereocenters. The van der Waals surface area contributed by atoms with Crippen molar-refractivity contribution in [3.8, 4) is 0 Å². The number of rotatable bonds is 8. The quantitative estimate of drug-likeness (QED) is 0.351. The highest BCUT2D eigenvalue weighted by molar-refractivity contribution is 7.18. The second kappa shape index (κ2) is 11.3. The van der Waals surface area contributed by atoms with Gasteiger partial charge in [-0.25, -0.2) is 4.98 Å². The van der Waals surface area contributed by atoms with Gasteiger partial charge < -0.3 is 25.0 Å². The molecule has 0 bridgehead atoms. The largest absolute Gasteiger partial charge is 0.370 e. The van der Waals surface area contributed by atoms with Gasteiger partial charge in [0.25, 0.3) is 11.8 Å². The Bertz CT molecular complexity index is 1510. The lowest BCUT2D eigenvalue weighted by atomic mass is 10.2. The van der Waals surface area contributed by atoms with Crippen molar-refractivity contribution >= 4 is 56.7 Å². The number of nitrogens with zero attached hydrogens (tertiary/aromatic N) is 5.